The first kappa shape index (κ1) is 75.0. The van der Waals surface area contributed by atoms with Gasteiger partial charge in [0, 0.05) is 6.42 Å². The van der Waals surface area contributed by atoms with Crippen LogP contribution in [0.1, 0.15) is 264 Å². The van der Waals surface area contributed by atoms with E-state index < -0.39 is 124 Å². The van der Waals surface area contributed by atoms with Crippen LogP contribution in [0.15, 0.2) is 0 Å². The standard InChI is InChI=1S/C63H121NO18/c1-3-5-7-9-11-13-15-16-17-18-19-20-21-22-23-24-25-26-27-28-29-31-33-35-37-39-41-51(69)64-46(47(68)40-38-36-34-32-30-14-12-10-8-6-4-2)45-77-61-57(75)54(72)59(49(43-66)79-61)82-63-58(76)55(73)60(50(44-67)80-63)81-62-56(74)53(71)52(70)48(42-65)78-62/h46-50,52-63,65-68,70-76H,3-45H2,1-2H3,(H,64,69). The monoisotopic (exact) mass is 1180 g/mol. The zero-order valence-corrected chi connectivity index (χ0v) is 51.0. The Bertz CT molecular complexity index is 1500. The SMILES string of the molecule is CCCCCCCCCCCCCCCCCCCCCCCCCCCCC(=O)NC(COC1OC(CO)C(OC2OC(CO)C(OC3OC(CO)C(O)C(O)C3O)C(O)C2O)C(O)C1O)C(O)CCCCCCCCCCCCC. The van der Waals surface area contributed by atoms with Gasteiger partial charge in [-0.3, -0.25) is 4.79 Å². The van der Waals surface area contributed by atoms with Crippen molar-refractivity contribution in [3.8, 4) is 0 Å². The Kier molecular flexibility index (Phi) is 42.9. The van der Waals surface area contributed by atoms with Gasteiger partial charge in [-0.2, -0.15) is 0 Å². The van der Waals surface area contributed by atoms with Crippen molar-refractivity contribution in [2.45, 2.75) is 369 Å². The summed E-state index contributed by atoms with van der Waals surface area (Å²) in [4.78, 5) is 13.4. The highest BCUT2D eigenvalue weighted by Crippen LogP contribution is 2.33. The Morgan fingerprint density at radius 3 is 1.06 bits per heavy atom. The Labute approximate surface area is 493 Å². The van der Waals surface area contributed by atoms with E-state index in [0.717, 1.165) is 44.9 Å². The number of amides is 1. The molecule has 3 heterocycles. The molecule has 486 valence electrons. The predicted molar refractivity (Wildman–Crippen MR) is 314 cm³/mol. The molecule has 1 amide bonds. The lowest BCUT2D eigenvalue weighted by molar-refractivity contribution is -0.379. The molecular weight excluding hydrogens is 1060 g/mol. The number of aliphatic hydroxyl groups excluding tert-OH is 11. The van der Waals surface area contributed by atoms with Gasteiger partial charge in [-0.15, -0.1) is 0 Å². The number of unbranched alkanes of at least 4 members (excludes halogenated alkanes) is 35. The quantitative estimate of drug-likeness (QED) is 0.0262. The van der Waals surface area contributed by atoms with Crippen LogP contribution in [-0.2, 0) is 33.2 Å². The van der Waals surface area contributed by atoms with Crippen LogP contribution in [0.3, 0.4) is 0 Å². The lowest BCUT2D eigenvalue weighted by Gasteiger charge is -2.48. The maximum absolute atomic E-state index is 13.4. The largest absolute Gasteiger partial charge is 0.394 e. The smallest absolute Gasteiger partial charge is 0.220 e. The number of aliphatic hydroxyl groups is 11. The van der Waals surface area contributed by atoms with Crippen molar-refractivity contribution >= 4 is 5.91 Å². The fraction of sp³-hybridized carbons (Fsp3) is 0.984. The maximum atomic E-state index is 13.4. The minimum atomic E-state index is -1.97. The van der Waals surface area contributed by atoms with Gasteiger partial charge in [0.05, 0.1) is 38.6 Å². The molecule has 0 bridgehead atoms. The van der Waals surface area contributed by atoms with Crippen molar-refractivity contribution in [2.24, 2.45) is 0 Å². The van der Waals surface area contributed by atoms with Crippen LogP contribution >= 0.6 is 0 Å². The Hall–Kier alpha value is -1.21. The van der Waals surface area contributed by atoms with Crippen LogP contribution in [0.2, 0.25) is 0 Å². The first-order valence-corrected chi connectivity index (χ1v) is 33.3. The summed E-state index contributed by atoms with van der Waals surface area (Å²) in [5, 5.41) is 120. The van der Waals surface area contributed by atoms with Crippen LogP contribution in [-0.4, -0.2) is 193 Å². The molecule has 17 unspecified atom stereocenters. The third kappa shape index (κ3) is 29.7. The first-order valence-electron chi connectivity index (χ1n) is 33.3. The minimum Gasteiger partial charge on any atom is -0.394 e. The normalized spacial score (nSPS) is 29.5. The minimum absolute atomic E-state index is 0.238. The molecule has 3 aliphatic heterocycles. The average Bonchev–Trinajstić information content (AvgIpc) is 3.49. The van der Waals surface area contributed by atoms with Crippen LogP contribution in [0.5, 0.6) is 0 Å². The van der Waals surface area contributed by atoms with Crippen LogP contribution in [0, 0.1) is 0 Å². The summed E-state index contributed by atoms with van der Waals surface area (Å²) in [5.74, 6) is -0.238. The van der Waals surface area contributed by atoms with Crippen molar-refractivity contribution in [1.82, 2.24) is 5.32 Å². The van der Waals surface area contributed by atoms with E-state index in [-0.39, 0.29) is 18.9 Å². The predicted octanol–water partition coefficient (Wildman–Crippen LogP) is 7.55. The molecule has 3 fully saturated rings. The lowest BCUT2D eigenvalue weighted by Crippen LogP contribution is -2.66. The Balaban J connectivity index is 1.39. The summed E-state index contributed by atoms with van der Waals surface area (Å²) in [7, 11) is 0. The van der Waals surface area contributed by atoms with Gasteiger partial charge in [-0.05, 0) is 12.8 Å². The second kappa shape index (κ2) is 46.9. The van der Waals surface area contributed by atoms with E-state index in [0.29, 0.717) is 12.8 Å². The zero-order valence-electron chi connectivity index (χ0n) is 51.0. The summed E-state index contributed by atoms with van der Waals surface area (Å²) in [6.45, 7) is 1.81. The van der Waals surface area contributed by atoms with Gasteiger partial charge < -0.3 is 89.9 Å². The molecule has 0 aromatic rings. The van der Waals surface area contributed by atoms with Crippen molar-refractivity contribution in [1.29, 1.82) is 0 Å². The molecule has 82 heavy (non-hydrogen) atoms. The number of ether oxygens (including phenoxy) is 6. The van der Waals surface area contributed by atoms with Crippen LogP contribution < -0.4 is 5.32 Å². The molecule has 19 nitrogen and oxygen atoms in total. The first-order chi connectivity index (χ1) is 39.8. The van der Waals surface area contributed by atoms with Crippen molar-refractivity contribution in [2.75, 3.05) is 26.4 Å². The molecule has 17 atom stereocenters. The fourth-order valence-corrected chi connectivity index (χ4v) is 11.7. The van der Waals surface area contributed by atoms with E-state index in [1.807, 2.05) is 0 Å². The summed E-state index contributed by atoms with van der Waals surface area (Å²) in [6, 6.07) is -0.880. The van der Waals surface area contributed by atoms with E-state index >= 15 is 0 Å². The molecular formula is C63H121NO18. The Morgan fingerprint density at radius 1 is 0.390 bits per heavy atom. The summed E-state index contributed by atoms with van der Waals surface area (Å²) >= 11 is 0. The highest BCUT2D eigenvalue weighted by molar-refractivity contribution is 5.76. The van der Waals surface area contributed by atoms with E-state index in [2.05, 4.69) is 19.2 Å². The highest BCUT2D eigenvalue weighted by atomic mass is 16.8. The van der Waals surface area contributed by atoms with Crippen molar-refractivity contribution < 1.29 is 89.4 Å². The second-order valence-corrected chi connectivity index (χ2v) is 24.3. The number of hydrogen-bond acceptors (Lipinski definition) is 18. The third-order valence-corrected chi connectivity index (χ3v) is 17.2. The molecule has 19 heteroatoms. The molecule has 0 aliphatic carbocycles. The third-order valence-electron chi connectivity index (χ3n) is 17.2. The van der Waals surface area contributed by atoms with E-state index in [9.17, 15) is 61.0 Å². The van der Waals surface area contributed by atoms with Gasteiger partial charge in [-0.25, -0.2) is 0 Å². The van der Waals surface area contributed by atoms with Gasteiger partial charge in [0.2, 0.25) is 5.91 Å². The summed E-state index contributed by atoms with van der Waals surface area (Å²) in [5.41, 5.74) is 0. The van der Waals surface area contributed by atoms with Crippen molar-refractivity contribution in [3.05, 3.63) is 0 Å². The van der Waals surface area contributed by atoms with E-state index in [1.165, 1.54) is 186 Å². The molecule has 0 aromatic carbocycles. The van der Waals surface area contributed by atoms with Crippen molar-refractivity contribution in [3.63, 3.8) is 0 Å². The summed E-state index contributed by atoms with van der Waals surface area (Å²) in [6.07, 6.45) is 20.6. The summed E-state index contributed by atoms with van der Waals surface area (Å²) < 4.78 is 34.3. The molecule has 0 saturated carbocycles. The van der Waals surface area contributed by atoms with E-state index in [1.54, 1.807) is 0 Å². The molecule has 12 N–H and O–H groups in total. The van der Waals surface area contributed by atoms with Gasteiger partial charge in [0.25, 0.3) is 0 Å². The second-order valence-electron chi connectivity index (χ2n) is 24.3. The molecule has 0 aromatic heterocycles. The molecule has 3 aliphatic rings. The number of nitrogens with one attached hydrogen (secondary N) is 1. The average molecular weight is 1180 g/mol. The lowest BCUT2D eigenvalue weighted by atomic mass is 9.96. The zero-order chi connectivity index (χ0) is 59.7. The van der Waals surface area contributed by atoms with Gasteiger partial charge in [0.15, 0.2) is 18.9 Å². The maximum Gasteiger partial charge on any atom is 0.220 e. The van der Waals surface area contributed by atoms with Crippen LogP contribution in [0.25, 0.3) is 0 Å². The van der Waals surface area contributed by atoms with Gasteiger partial charge in [0.1, 0.15) is 73.2 Å². The molecule has 3 rings (SSSR count). The van der Waals surface area contributed by atoms with Gasteiger partial charge in [-0.1, -0.05) is 245 Å². The molecule has 3 saturated heterocycles. The number of rotatable bonds is 51. The molecule has 0 spiro atoms. The number of carbonyl (C=O) groups excluding carboxylic acids is 1. The van der Waals surface area contributed by atoms with E-state index in [4.69, 9.17) is 28.4 Å². The number of hydrogen-bond donors (Lipinski definition) is 12. The topological polar surface area (TPSA) is 307 Å². The van der Waals surface area contributed by atoms with Crippen LogP contribution in [0.4, 0.5) is 0 Å². The Morgan fingerprint density at radius 2 is 0.695 bits per heavy atom. The van der Waals surface area contributed by atoms with Gasteiger partial charge >= 0.3 is 0 Å². The molecule has 0 radical (unpaired) electrons. The fourth-order valence-electron chi connectivity index (χ4n) is 11.7. The highest BCUT2D eigenvalue weighted by Gasteiger charge is 2.53. The number of carbonyl (C=O) groups is 1.